The Kier molecular flexibility index (Phi) is 40.6. The first-order valence-corrected chi connectivity index (χ1v) is 48.0. The predicted molar refractivity (Wildman–Crippen MR) is 496 cm³/mol. The first-order valence-electron chi connectivity index (χ1n) is 48.0. The monoisotopic (exact) mass is 1630 g/mol. The van der Waals surface area contributed by atoms with Crippen LogP contribution in [-0.4, -0.2) is 44.1 Å². The van der Waals surface area contributed by atoms with Crippen LogP contribution in [0.3, 0.4) is 0 Å². The molecule has 0 radical (unpaired) electrons. The van der Waals surface area contributed by atoms with E-state index in [-0.39, 0.29) is 19.5 Å². The Bertz CT molecular complexity index is 4310. The standard InChI is InChI=1S/C106H148N8O2.Zn/c1-9-15-21-27-33-39-45-51-57-81-63-64-82(58-52-46-40-34-28-22-16-10-2)92-91(81)99-107-100(92)109-102-94-84(60-54-48-42-36-30-24-18-12-4)66-68-86(62-56-50-44-38-32-26-20-14-6)96(94)104(111-102)113-106-98-90(80-71-75-88(116-8)76-72-80)78-77-89(79-69-73-87(115-7)74-70-79)97(98)105(114-106)112-103-95-85(61-55-49-43-37-31-25-19-13-5)67-65-83(93(95)101(108-99)110-103)59-53-47-41-35-29-23-17-11-3;/h63-78H,9-62H2,1-8H3;/q-2;+2. The van der Waals surface area contributed by atoms with E-state index in [2.05, 4.69) is 139 Å². The van der Waals surface area contributed by atoms with Gasteiger partial charge in [-0.2, -0.15) is 0 Å². The minimum Gasteiger partial charge on any atom is -0.497 e. The Hall–Kier alpha value is -7.10. The maximum absolute atomic E-state index is 6.13. The summed E-state index contributed by atoms with van der Waals surface area (Å²) in [5, 5.41) is 4.41. The fourth-order valence-corrected chi connectivity index (χ4v) is 18.5. The number of ether oxygens (including phenoxy) is 2. The first-order chi connectivity index (χ1) is 57.3. The third kappa shape index (κ3) is 26.5. The average molecular weight is 1630 g/mol. The summed E-state index contributed by atoms with van der Waals surface area (Å²) in [4.78, 5) is 48.3. The van der Waals surface area contributed by atoms with Crippen LogP contribution in [0, 0.1) is 0 Å². The Morgan fingerprint density at radius 2 is 0.410 bits per heavy atom. The fraction of sp³-hybridized carbons (Fsp3) is 0.585. The van der Waals surface area contributed by atoms with Crippen molar-refractivity contribution >= 4 is 44.1 Å². The van der Waals surface area contributed by atoms with Crippen LogP contribution in [0.2, 0.25) is 0 Å². The SMILES string of the molecule is CCCCCCCCCCc1ccc(CCCCCCCCCC)c2c1-c1nc-2nc2[n-]c(nc3nc(nc4[n-]c(n1)c1c(CCCCCCCCCC)ccc(CCCCCCCCCC)c41)-c1c(-c4ccc(OC)cc4)ccc(-c4ccc(OC)cc4)c1-3)c1c(CCCCCCCCCC)ccc(CCCCCCCCCC)c21.[Zn+2]. The molecule has 11 heteroatoms. The number of aromatic nitrogens is 8. The van der Waals surface area contributed by atoms with Crippen molar-refractivity contribution < 1.29 is 29.0 Å². The Morgan fingerprint density at radius 3 is 0.632 bits per heavy atom. The molecule has 6 aromatic carbocycles. The van der Waals surface area contributed by atoms with Crippen molar-refractivity contribution in [2.24, 2.45) is 0 Å². The van der Waals surface area contributed by atoms with Crippen molar-refractivity contribution in [1.29, 1.82) is 0 Å². The largest absolute Gasteiger partial charge is 2.00 e. The van der Waals surface area contributed by atoms with Gasteiger partial charge in [-0.05, 0) is 178 Å². The van der Waals surface area contributed by atoms with Crippen molar-refractivity contribution in [2.45, 2.75) is 388 Å². The van der Waals surface area contributed by atoms with Crippen molar-refractivity contribution in [1.82, 2.24) is 39.9 Å². The summed E-state index contributed by atoms with van der Waals surface area (Å²) in [6.07, 6.45) is 65.7. The third-order valence-electron chi connectivity index (χ3n) is 25.4. The molecule has 8 bridgehead atoms. The van der Waals surface area contributed by atoms with Gasteiger partial charge in [0.1, 0.15) is 11.5 Å². The minimum absolute atomic E-state index is 0. The number of unbranched alkanes of at least 4 members (excludes halogenated alkanes) is 42. The second-order valence-electron chi connectivity index (χ2n) is 34.6. The normalized spacial score (nSPS) is 11.8. The maximum atomic E-state index is 6.13. The number of fused-ring (bicyclic) bond motifs is 20. The van der Waals surface area contributed by atoms with E-state index in [1.54, 1.807) is 14.2 Å². The summed E-state index contributed by atoms with van der Waals surface area (Å²) in [6, 6.07) is 36.3. The van der Waals surface area contributed by atoms with Crippen LogP contribution in [0.25, 0.3) is 112 Å². The molecule has 626 valence electrons. The quantitative estimate of drug-likeness (QED) is 0.0269. The molecule has 10 nitrogen and oxygen atoms in total. The molecular formula is C106H148N8O2Zn. The van der Waals surface area contributed by atoms with Crippen LogP contribution in [0.5, 0.6) is 11.5 Å². The molecule has 0 N–H and O–H groups in total. The predicted octanol–water partition coefficient (Wildman–Crippen LogP) is 31.6. The van der Waals surface area contributed by atoms with Gasteiger partial charge in [0.25, 0.3) is 0 Å². The average Bonchev–Trinajstić information content (AvgIpc) is 1.57. The van der Waals surface area contributed by atoms with Crippen LogP contribution in [0.15, 0.2) is 97.1 Å². The van der Waals surface area contributed by atoms with Gasteiger partial charge in [0, 0.05) is 44.8 Å². The molecule has 0 aliphatic carbocycles. The van der Waals surface area contributed by atoms with Gasteiger partial charge in [-0.25, -0.2) is 9.97 Å². The van der Waals surface area contributed by atoms with Crippen LogP contribution in [-0.2, 0) is 58.0 Å². The Balaban J connectivity index is 0.0000144. The smallest absolute Gasteiger partial charge is 0.497 e. The van der Waals surface area contributed by atoms with Crippen molar-refractivity contribution in [3.05, 3.63) is 130 Å². The summed E-state index contributed by atoms with van der Waals surface area (Å²) in [7, 11) is 3.49. The molecule has 11 rings (SSSR count). The zero-order chi connectivity index (χ0) is 80.7. The fourth-order valence-electron chi connectivity index (χ4n) is 18.5. The van der Waals surface area contributed by atoms with E-state index < -0.39 is 0 Å². The van der Waals surface area contributed by atoms with Crippen LogP contribution < -0.4 is 19.4 Å². The number of hydrogen-bond acceptors (Lipinski definition) is 8. The number of benzene rings is 6. The molecule has 0 unspecified atom stereocenters. The zero-order valence-electron chi connectivity index (χ0n) is 74.5. The molecule has 0 saturated heterocycles. The van der Waals surface area contributed by atoms with Gasteiger partial charge in [0.05, 0.1) is 37.5 Å². The summed E-state index contributed by atoms with van der Waals surface area (Å²) in [6.45, 7) is 13.9. The summed E-state index contributed by atoms with van der Waals surface area (Å²) < 4.78 is 11.7. The third-order valence-corrected chi connectivity index (χ3v) is 25.4. The van der Waals surface area contributed by atoms with Crippen LogP contribution in [0.4, 0.5) is 0 Å². The number of aryl methyl sites for hydroxylation is 6. The van der Waals surface area contributed by atoms with Gasteiger partial charge in [0.15, 0.2) is 0 Å². The molecule has 2 aliphatic heterocycles. The van der Waals surface area contributed by atoms with Crippen LogP contribution in [0.1, 0.15) is 383 Å². The van der Waals surface area contributed by atoms with E-state index >= 15 is 0 Å². The molecule has 0 atom stereocenters. The molecular weight excluding hydrogens is 1480 g/mol. The molecule has 2 aliphatic rings. The van der Waals surface area contributed by atoms with Crippen molar-refractivity contribution in [3.8, 4) is 79.3 Å². The van der Waals surface area contributed by atoms with Gasteiger partial charge >= 0.3 is 19.5 Å². The number of rotatable bonds is 58. The van der Waals surface area contributed by atoms with Gasteiger partial charge < -0.3 is 39.4 Å². The zero-order valence-corrected chi connectivity index (χ0v) is 77.5. The molecule has 0 fully saturated rings. The summed E-state index contributed by atoms with van der Waals surface area (Å²) >= 11 is 0. The van der Waals surface area contributed by atoms with Crippen molar-refractivity contribution in [2.75, 3.05) is 14.2 Å². The van der Waals surface area contributed by atoms with E-state index in [9.17, 15) is 0 Å². The van der Waals surface area contributed by atoms with Gasteiger partial charge in [-0.3, -0.25) is 0 Å². The van der Waals surface area contributed by atoms with E-state index in [1.807, 2.05) is 0 Å². The van der Waals surface area contributed by atoms with Gasteiger partial charge in [0.2, 0.25) is 0 Å². The topological polar surface area (TPSA) is 124 Å². The summed E-state index contributed by atoms with van der Waals surface area (Å²) in [5.41, 5.74) is 18.6. The molecule has 0 amide bonds. The maximum Gasteiger partial charge on any atom is 2.00 e. The van der Waals surface area contributed by atoms with E-state index in [4.69, 9.17) is 49.3 Å². The molecule has 0 saturated carbocycles. The Labute approximate surface area is 720 Å². The van der Waals surface area contributed by atoms with Crippen LogP contribution >= 0.6 is 0 Å². The first kappa shape index (κ1) is 92.2. The number of methoxy groups -OCH3 is 2. The number of hydrogen-bond donors (Lipinski definition) is 0. The van der Waals surface area contributed by atoms with Gasteiger partial charge in [-0.15, -0.1) is 0 Å². The molecule has 0 spiro atoms. The van der Waals surface area contributed by atoms with Crippen molar-refractivity contribution in [3.63, 3.8) is 0 Å². The molecule has 5 heterocycles. The Morgan fingerprint density at radius 1 is 0.214 bits per heavy atom. The van der Waals surface area contributed by atoms with E-state index in [1.165, 1.54) is 303 Å². The van der Waals surface area contributed by atoms with E-state index in [0.717, 1.165) is 166 Å². The van der Waals surface area contributed by atoms with E-state index in [0.29, 0.717) is 34.2 Å². The number of nitrogens with zero attached hydrogens (tertiary/aromatic N) is 8. The molecule has 3 aromatic heterocycles. The minimum atomic E-state index is 0. The molecule has 9 aromatic rings. The second-order valence-corrected chi connectivity index (χ2v) is 34.6. The summed E-state index contributed by atoms with van der Waals surface area (Å²) in [5.74, 6) is 4.20. The van der Waals surface area contributed by atoms with Gasteiger partial charge in [-0.1, -0.05) is 384 Å². The molecule has 117 heavy (non-hydrogen) atoms. The second kappa shape index (κ2) is 51.5.